The molecule has 1 unspecified atom stereocenters. The second-order valence-corrected chi connectivity index (χ2v) is 8.75. The Balaban J connectivity index is 1.18. The molecule has 1 saturated heterocycles. The fraction of sp³-hybridized carbons (Fsp3) is 0.526. The highest BCUT2D eigenvalue weighted by Crippen LogP contribution is 2.56. The first-order valence-electron chi connectivity index (χ1n) is 9.31. The van der Waals surface area contributed by atoms with Gasteiger partial charge in [-0.25, -0.2) is 9.97 Å². The van der Waals surface area contributed by atoms with E-state index in [9.17, 15) is 0 Å². The van der Waals surface area contributed by atoms with Crippen molar-refractivity contribution in [2.24, 2.45) is 5.41 Å². The molecule has 3 aromatic rings. The molecule has 5 rings (SSSR count). The van der Waals surface area contributed by atoms with Crippen LogP contribution in [0.5, 0.6) is 0 Å². The molecule has 0 radical (unpaired) electrons. The minimum absolute atomic E-state index is 0.544. The quantitative estimate of drug-likeness (QED) is 0.750. The zero-order chi connectivity index (χ0) is 17.6. The molecular weight excluding hydrogens is 344 g/mol. The van der Waals surface area contributed by atoms with Crippen LogP contribution in [-0.4, -0.2) is 55.9 Å². The van der Waals surface area contributed by atoms with Gasteiger partial charge in [0.2, 0.25) is 0 Å². The monoisotopic (exact) mass is 368 g/mol. The number of hydrogen-bond donors (Lipinski definition) is 1. The van der Waals surface area contributed by atoms with Gasteiger partial charge in [0.05, 0.1) is 6.54 Å². The molecule has 7 heteroatoms. The third kappa shape index (κ3) is 2.94. The lowest BCUT2D eigenvalue weighted by Crippen LogP contribution is -2.37. The molecule has 136 valence electrons. The van der Waals surface area contributed by atoms with Gasteiger partial charge in [0.25, 0.3) is 0 Å². The lowest BCUT2D eigenvalue weighted by molar-refractivity contribution is 0.140. The molecule has 0 aromatic carbocycles. The summed E-state index contributed by atoms with van der Waals surface area (Å²) in [6.45, 7) is 4.30. The predicted molar refractivity (Wildman–Crippen MR) is 103 cm³/mol. The van der Waals surface area contributed by atoms with Crippen LogP contribution in [0, 0.1) is 5.41 Å². The summed E-state index contributed by atoms with van der Waals surface area (Å²) in [6.07, 6.45) is 11.4. The van der Waals surface area contributed by atoms with Crippen molar-refractivity contribution >= 4 is 22.5 Å². The van der Waals surface area contributed by atoms with E-state index in [1.165, 1.54) is 42.9 Å². The molecule has 1 spiro atoms. The Labute approximate surface area is 157 Å². The van der Waals surface area contributed by atoms with E-state index in [2.05, 4.69) is 48.4 Å². The van der Waals surface area contributed by atoms with Crippen molar-refractivity contribution in [1.82, 2.24) is 29.7 Å². The lowest BCUT2D eigenvalue weighted by Gasteiger charge is -2.34. The first-order chi connectivity index (χ1) is 12.7. The summed E-state index contributed by atoms with van der Waals surface area (Å²) in [5.74, 6) is 0. The number of H-pyrrole nitrogens is 1. The van der Waals surface area contributed by atoms with Crippen molar-refractivity contribution in [3.8, 4) is 0 Å². The van der Waals surface area contributed by atoms with Gasteiger partial charge in [-0.15, -0.1) is 11.3 Å². The van der Waals surface area contributed by atoms with Gasteiger partial charge in [0.15, 0.2) is 5.65 Å². The number of likely N-dealkylation sites (tertiary alicyclic amines) is 1. The first-order valence-corrected chi connectivity index (χ1v) is 10.2. The Bertz CT molecular complexity index is 880. The topological polar surface area (TPSA) is 60.9 Å². The molecule has 0 amide bonds. The summed E-state index contributed by atoms with van der Waals surface area (Å²) < 4.78 is 0. The Kier molecular flexibility index (Phi) is 4.03. The molecule has 26 heavy (non-hydrogen) atoms. The summed E-state index contributed by atoms with van der Waals surface area (Å²) in [4.78, 5) is 21.6. The molecule has 2 fully saturated rings. The highest BCUT2D eigenvalue weighted by atomic mass is 32.1. The number of nitrogens with zero attached hydrogens (tertiary/aromatic N) is 5. The van der Waals surface area contributed by atoms with Crippen molar-refractivity contribution in [3.05, 3.63) is 40.7 Å². The zero-order valence-corrected chi connectivity index (χ0v) is 15.9. The summed E-state index contributed by atoms with van der Waals surface area (Å²) in [6, 6.07) is 0.729. The van der Waals surface area contributed by atoms with Crippen LogP contribution in [0.2, 0.25) is 0 Å². The highest BCUT2D eigenvalue weighted by Gasteiger charge is 2.56. The van der Waals surface area contributed by atoms with Crippen LogP contribution in [0.15, 0.2) is 30.2 Å². The van der Waals surface area contributed by atoms with Crippen LogP contribution < -0.4 is 0 Å². The van der Waals surface area contributed by atoms with E-state index in [4.69, 9.17) is 0 Å². The molecule has 0 bridgehead atoms. The Morgan fingerprint density at radius 2 is 2.08 bits per heavy atom. The van der Waals surface area contributed by atoms with Crippen molar-refractivity contribution in [2.75, 3.05) is 20.1 Å². The van der Waals surface area contributed by atoms with Gasteiger partial charge in [-0.2, -0.15) is 0 Å². The number of rotatable bonds is 5. The van der Waals surface area contributed by atoms with E-state index in [1.54, 1.807) is 23.7 Å². The lowest BCUT2D eigenvalue weighted by atomic mass is 9.92. The molecule has 1 saturated carbocycles. The number of thiazole rings is 1. The minimum atomic E-state index is 0.544. The molecule has 6 nitrogen and oxygen atoms in total. The van der Waals surface area contributed by atoms with E-state index in [1.807, 2.05) is 6.20 Å². The van der Waals surface area contributed by atoms with Gasteiger partial charge in [-0.05, 0) is 44.8 Å². The van der Waals surface area contributed by atoms with Gasteiger partial charge < -0.3 is 4.98 Å². The van der Waals surface area contributed by atoms with Gasteiger partial charge in [-0.1, -0.05) is 0 Å². The van der Waals surface area contributed by atoms with E-state index >= 15 is 0 Å². The van der Waals surface area contributed by atoms with E-state index in [0.29, 0.717) is 5.41 Å². The summed E-state index contributed by atoms with van der Waals surface area (Å²) in [7, 11) is 2.26. The molecule has 3 aromatic heterocycles. The average Bonchev–Trinajstić information content (AvgIpc) is 3.00. The van der Waals surface area contributed by atoms with Gasteiger partial charge in [0.1, 0.15) is 10.5 Å². The Morgan fingerprint density at radius 3 is 2.88 bits per heavy atom. The Hall–Kier alpha value is -1.83. The fourth-order valence-electron chi connectivity index (χ4n) is 4.56. The molecular formula is C19H24N6S. The molecule has 4 heterocycles. The highest BCUT2D eigenvalue weighted by molar-refractivity contribution is 7.09. The molecule has 1 atom stereocenters. The van der Waals surface area contributed by atoms with Crippen molar-refractivity contribution in [2.45, 2.75) is 38.4 Å². The van der Waals surface area contributed by atoms with E-state index in [-0.39, 0.29) is 0 Å². The normalized spacial score (nSPS) is 22.5. The zero-order valence-electron chi connectivity index (χ0n) is 15.1. The van der Waals surface area contributed by atoms with Gasteiger partial charge in [-0.3, -0.25) is 14.8 Å². The smallest absolute Gasteiger partial charge is 0.156 e. The van der Waals surface area contributed by atoms with Crippen LogP contribution in [0.3, 0.4) is 0 Å². The van der Waals surface area contributed by atoms with Crippen molar-refractivity contribution in [3.63, 3.8) is 0 Å². The van der Waals surface area contributed by atoms with Crippen LogP contribution in [0.1, 0.15) is 29.8 Å². The maximum absolute atomic E-state index is 4.49. The van der Waals surface area contributed by atoms with Crippen LogP contribution in [0.4, 0.5) is 0 Å². The maximum atomic E-state index is 4.49. The number of hydrogen-bond acceptors (Lipinski definition) is 6. The second-order valence-electron chi connectivity index (χ2n) is 7.77. The molecule has 1 aliphatic carbocycles. The first kappa shape index (κ1) is 16.4. The van der Waals surface area contributed by atoms with Crippen molar-refractivity contribution in [1.29, 1.82) is 0 Å². The molecule has 1 N–H and O–H groups in total. The standard InChI is InChI=1S/C19H24N6S/c1-24(13-16-20-6-9-26-16)15-10-19(15)2-7-25(8-3-19)12-14-11-23-18-17(14)21-4-5-22-18/h4-6,9,11,15H,2-3,7-8,10,12-13H2,1H3,(H,22,23). The van der Waals surface area contributed by atoms with E-state index in [0.717, 1.165) is 30.3 Å². The third-order valence-electron chi connectivity index (χ3n) is 6.18. The van der Waals surface area contributed by atoms with Crippen LogP contribution >= 0.6 is 11.3 Å². The van der Waals surface area contributed by atoms with Gasteiger partial charge in [0, 0.05) is 48.3 Å². The predicted octanol–water partition coefficient (Wildman–Crippen LogP) is 2.90. The maximum Gasteiger partial charge on any atom is 0.156 e. The summed E-state index contributed by atoms with van der Waals surface area (Å²) in [5.41, 5.74) is 3.71. The van der Waals surface area contributed by atoms with Crippen molar-refractivity contribution < 1.29 is 0 Å². The average molecular weight is 369 g/mol. The van der Waals surface area contributed by atoms with E-state index < -0.39 is 0 Å². The molecule has 2 aliphatic rings. The number of aromatic nitrogens is 4. The molecule has 1 aliphatic heterocycles. The summed E-state index contributed by atoms with van der Waals surface area (Å²) >= 11 is 1.76. The number of aromatic amines is 1. The van der Waals surface area contributed by atoms with Gasteiger partial charge >= 0.3 is 0 Å². The fourth-order valence-corrected chi connectivity index (χ4v) is 5.24. The number of piperidine rings is 1. The number of fused-ring (bicyclic) bond motifs is 1. The summed E-state index contributed by atoms with van der Waals surface area (Å²) in [5, 5.41) is 3.30. The largest absolute Gasteiger partial charge is 0.344 e. The second kappa shape index (κ2) is 6.40. The van der Waals surface area contributed by atoms with Crippen LogP contribution in [0.25, 0.3) is 11.2 Å². The SMILES string of the molecule is CN(Cc1nccs1)C1CC12CCN(Cc1c[nH]c3nccnc13)CC2. The number of nitrogens with one attached hydrogen (secondary N) is 1. The Morgan fingerprint density at radius 1 is 1.23 bits per heavy atom. The van der Waals surface area contributed by atoms with Crippen LogP contribution in [-0.2, 0) is 13.1 Å². The third-order valence-corrected chi connectivity index (χ3v) is 6.94. The minimum Gasteiger partial charge on any atom is -0.344 e.